The second kappa shape index (κ2) is 9.21. The summed E-state index contributed by atoms with van der Waals surface area (Å²) in [5.74, 6) is 8.22. The summed E-state index contributed by atoms with van der Waals surface area (Å²) in [6, 6.07) is 9.65. The molecule has 0 saturated heterocycles. The van der Waals surface area contributed by atoms with Gasteiger partial charge in [-0.15, -0.1) is 11.8 Å². The lowest BCUT2D eigenvalue weighted by atomic mass is 9.47. The molecule has 1 aliphatic heterocycles. The first-order valence-corrected chi connectivity index (χ1v) is 14.1. The summed E-state index contributed by atoms with van der Waals surface area (Å²) in [6.07, 6.45) is 10.1. The molecule has 0 aromatic heterocycles. The minimum absolute atomic E-state index is 0.398. The van der Waals surface area contributed by atoms with E-state index in [0.717, 1.165) is 47.3 Å². The van der Waals surface area contributed by atoms with E-state index in [0.29, 0.717) is 5.41 Å². The Kier molecular flexibility index (Phi) is 6.98. The van der Waals surface area contributed by atoms with Crippen LogP contribution in [-0.2, 0) is 5.41 Å². The quantitative estimate of drug-likeness (QED) is 0.463. The molecular formula is C29H46S. The van der Waals surface area contributed by atoms with E-state index in [4.69, 9.17) is 0 Å². The lowest BCUT2D eigenvalue weighted by molar-refractivity contribution is -0.0252. The third kappa shape index (κ3) is 4.02. The number of rotatable bonds is 4. The summed E-state index contributed by atoms with van der Waals surface area (Å²) in [7, 11) is 0. The molecule has 1 heteroatoms. The predicted octanol–water partition coefficient (Wildman–Crippen LogP) is 8.84. The van der Waals surface area contributed by atoms with Crippen molar-refractivity contribution in [2.75, 3.05) is 5.75 Å². The molecule has 2 fully saturated rings. The van der Waals surface area contributed by atoms with Crippen LogP contribution in [0.5, 0.6) is 0 Å². The molecular weight excluding hydrogens is 380 g/mol. The van der Waals surface area contributed by atoms with Crippen LogP contribution in [0.1, 0.15) is 92.1 Å². The summed E-state index contributed by atoms with van der Waals surface area (Å²) in [6.45, 7) is 15.2. The molecule has 0 radical (unpaired) electrons. The maximum Gasteiger partial charge on any atom is 0.0110 e. The van der Waals surface area contributed by atoms with E-state index in [2.05, 4.69) is 77.6 Å². The van der Waals surface area contributed by atoms with E-state index in [-0.39, 0.29) is 0 Å². The van der Waals surface area contributed by atoms with E-state index in [1.165, 1.54) is 50.7 Å². The minimum atomic E-state index is 0.398. The van der Waals surface area contributed by atoms with Crippen LogP contribution < -0.4 is 0 Å². The molecule has 1 aromatic carbocycles. The number of hydrogen-bond acceptors (Lipinski definition) is 1. The monoisotopic (exact) mass is 426 g/mol. The average Bonchev–Trinajstić information content (AvgIpc) is 2.72. The van der Waals surface area contributed by atoms with Crippen molar-refractivity contribution in [1.29, 1.82) is 0 Å². The lowest BCUT2D eigenvalue weighted by Gasteiger charge is -2.59. The second-order valence-electron chi connectivity index (χ2n) is 12.0. The summed E-state index contributed by atoms with van der Waals surface area (Å²) in [4.78, 5) is 1.62. The van der Waals surface area contributed by atoms with Gasteiger partial charge in [0.25, 0.3) is 0 Å². The van der Waals surface area contributed by atoms with Gasteiger partial charge in [-0.1, -0.05) is 72.6 Å². The van der Waals surface area contributed by atoms with Crippen molar-refractivity contribution < 1.29 is 0 Å². The van der Waals surface area contributed by atoms with Gasteiger partial charge in [0.05, 0.1) is 0 Å². The van der Waals surface area contributed by atoms with E-state index >= 15 is 0 Å². The van der Waals surface area contributed by atoms with E-state index in [9.17, 15) is 0 Å². The normalized spacial score (nSPS) is 39.9. The third-order valence-electron chi connectivity index (χ3n) is 9.53. The molecule has 6 atom stereocenters. The highest BCUT2D eigenvalue weighted by Gasteiger charge is 2.55. The van der Waals surface area contributed by atoms with Crippen LogP contribution in [0.2, 0.25) is 0 Å². The van der Waals surface area contributed by atoms with Gasteiger partial charge < -0.3 is 0 Å². The van der Waals surface area contributed by atoms with Gasteiger partial charge in [-0.05, 0) is 96.8 Å². The van der Waals surface area contributed by atoms with E-state index in [1.54, 1.807) is 10.5 Å². The molecule has 2 saturated carbocycles. The van der Waals surface area contributed by atoms with Crippen molar-refractivity contribution in [3.05, 3.63) is 29.8 Å². The van der Waals surface area contributed by atoms with Crippen molar-refractivity contribution in [3.8, 4) is 0 Å². The first-order valence-electron chi connectivity index (χ1n) is 13.1. The average molecular weight is 427 g/mol. The van der Waals surface area contributed by atoms with Crippen molar-refractivity contribution >= 4 is 11.8 Å². The highest BCUT2D eigenvalue weighted by atomic mass is 32.2. The lowest BCUT2D eigenvalue weighted by Crippen LogP contribution is -2.54. The second-order valence-corrected chi connectivity index (χ2v) is 13.1. The molecule has 30 heavy (non-hydrogen) atoms. The van der Waals surface area contributed by atoms with Crippen LogP contribution in [0.15, 0.2) is 29.2 Å². The molecule has 0 spiro atoms. The largest absolute Gasteiger partial charge is 0.126 e. The van der Waals surface area contributed by atoms with Crippen LogP contribution in [0.3, 0.4) is 0 Å². The van der Waals surface area contributed by atoms with Crippen molar-refractivity contribution in [2.45, 2.75) is 96.8 Å². The van der Waals surface area contributed by atoms with Gasteiger partial charge in [0, 0.05) is 10.3 Å². The van der Waals surface area contributed by atoms with Crippen LogP contribution in [0, 0.1) is 47.3 Å². The third-order valence-corrected chi connectivity index (χ3v) is 10.6. The van der Waals surface area contributed by atoms with Crippen molar-refractivity contribution in [2.24, 2.45) is 47.3 Å². The van der Waals surface area contributed by atoms with Gasteiger partial charge in [-0.3, -0.25) is 0 Å². The Balaban J connectivity index is 1.90. The number of hydrogen-bond donors (Lipinski definition) is 0. The molecule has 1 heterocycles. The van der Waals surface area contributed by atoms with Crippen LogP contribution in [0.25, 0.3) is 0 Å². The zero-order valence-corrected chi connectivity index (χ0v) is 21.3. The van der Waals surface area contributed by atoms with Gasteiger partial charge in [-0.2, -0.15) is 0 Å². The standard InChI is InChI=1S/C29H46S/c1-19(2)23-13-11-21(5)17-26(23)29(15-16-30-28-10-8-7-9-25(28)29)27-18-22(6)12-14-24(27)20(3)4/h7-10,19-24,26-27H,11-18H2,1-6H3. The highest BCUT2D eigenvalue weighted by molar-refractivity contribution is 7.99. The number of benzene rings is 1. The van der Waals surface area contributed by atoms with Crippen LogP contribution >= 0.6 is 11.8 Å². The van der Waals surface area contributed by atoms with E-state index < -0.39 is 0 Å². The minimum Gasteiger partial charge on any atom is -0.126 e. The highest BCUT2D eigenvalue weighted by Crippen LogP contribution is 2.62. The van der Waals surface area contributed by atoms with E-state index in [1.807, 2.05) is 0 Å². The Morgan fingerprint density at radius 1 is 0.800 bits per heavy atom. The molecule has 1 aromatic rings. The zero-order chi connectivity index (χ0) is 21.5. The van der Waals surface area contributed by atoms with Crippen LogP contribution in [0.4, 0.5) is 0 Å². The molecule has 0 bridgehead atoms. The first-order chi connectivity index (χ1) is 14.3. The Morgan fingerprint density at radius 2 is 1.33 bits per heavy atom. The topological polar surface area (TPSA) is 0 Å². The molecule has 2 aliphatic carbocycles. The SMILES string of the molecule is CC1CCC(C(C)C)C(C2(C3CC(C)CCC3C(C)C)CCSc3ccccc32)C1. The fraction of sp³-hybridized carbons (Fsp3) is 0.793. The fourth-order valence-corrected chi connectivity index (χ4v) is 9.32. The molecule has 4 rings (SSSR count). The Hall–Kier alpha value is -0.430. The van der Waals surface area contributed by atoms with Gasteiger partial charge in [-0.25, -0.2) is 0 Å². The zero-order valence-electron chi connectivity index (χ0n) is 20.5. The summed E-state index contributed by atoms with van der Waals surface area (Å²) < 4.78 is 0. The summed E-state index contributed by atoms with van der Waals surface area (Å²) in [5, 5.41) is 0. The Bertz CT molecular complexity index is 672. The predicted molar refractivity (Wildman–Crippen MR) is 133 cm³/mol. The van der Waals surface area contributed by atoms with Gasteiger partial charge in [0.1, 0.15) is 0 Å². The maximum atomic E-state index is 2.56. The molecule has 0 N–H and O–H groups in total. The number of fused-ring (bicyclic) bond motifs is 1. The van der Waals surface area contributed by atoms with Gasteiger partial charge in [0.15, 0.2) is 0 Å². The fourth-order valence-electron chi connectivity index (χ4n) is 8.08. The van der Waals surface area contributed by atoms with Gasteiger partial charge >= 0.3 is 0 Å². The maximum absolute atomic E-state index is 2.56. The first kappa shape index (κ1) is 22.8. The number of thioether (sulfide) groups is 1. The summed E-state index contributed by atoms with van der Waals surface area (Å²) in [5.41, 5.74) is 2.16. The Labute approximate surface area is 191 Å². The molecule has 6 unspecified atom stereocenters. The smallest absolute Gasteiger partial charge is 0.0110 e. The molecule has 3 aliphatic rings. The summed E-state index contributed by atoms with van der Waals surface area (Å²) >= 11 is 2.14. The van der Waals surface area contributed by atoms with Crippen LogP contribution in [-0.4, -0.2) is 5.75 Å². The molecule has 168 valence electrons. The molecule has 0 nitrogen and oxygen atoms in total. The van der Waals surface area contributed by atoms with Crippen molar-refractivity contribution in [1.82, 2.24) is 0 Å². The Morgan fingerprint density at radius 3 is 1.87 bits per heavy atom. The molecule has 0 amide bonds. The van der Waals surface area contributed by atoms with Gasteiger partial charge in [0.2, 0.25) is 0 Å². The van der Waals surface area contributed by atoms with Crippen molar-refractivity contribution in [3.63, 3.8) is 0 Å².